The number of benzene rings is 1. The third-order valence-corrected chi connectivity index (χ3v) is 1.87. The molecule has 0 saturated heterocycles. The fourth-order valence-electron chi connectivity index (χ4n) is 1.13. The fraction of sp³-hybridized carbons (Fsp3) is 0.167. The van der Waals surface area contributed by atoms with Gasteiger partial charge in [-0.05, 0) is 11.1 Å². The Morgan fingerprint density at radius 3 is 2.76 bits per heavy atom. The Kier molecular flexibility index (Phi) is 5.46. The van der Waals surface area contributed by atoms with Crippen LogP contribution in [0.2, 0.25) is 0 Å². The van der Waals surface area contributed by atoms with Gasteiger partial charge < -0.3 is 10.5 Å². The van der Waals surface area contributed by atoms with Gasteiger partial charge in [-0.3, -0.25) is 0 Å². The molecule has 0 aliphatic carbocycles. The Morgan fingerprint density at radius 1 is 1.47 bits per heavy atom. The van der Waals surface area contributed by atoms with Gasteiger partial charge in [0.15, 0.2) is 0 Å². The normalized spacial score (nSPS) is 10.4. The van der Waals surface area contributed by atoms with Gasteiger partial charge >= 0.3 is 6.03 Å². The quantitative estimate of drug-likeness (QED) is 0.337. The maximum absolute atomic E-state index is 10.4. The largest absolute Gasteiger partial charge is 0.373 e. The van der Waals surface area contributed by atoms with E-state index in [9.17, 15) is 4.79 Å². The predicted octanol–water partition coefficient (Wildman–Crippen LogP) is 1.39. The summed E-state index contributed by atoms with van der Waals surface area (Å²) in [6.45, 7) is 4.64. The highest BCUT2D eigenvalue weighted by molar-refractivity contribution is 5.81. The van der Waals surface area contributed by atoms with Crippen LogP contribution < -0.4 is 11.2 Å². The summed E-state index contributed by atoms with van der Waals surface area (Å²) in [6, 6.07) is 6.91. The number of amides is 2. The molecule has 0 bridgehead atoms. The first-order chi connectivity index (χ1) is 8.22. The molecule has 0 unspecified atom stereocenters. The van der Waals surface area contributed by atoms with Gasteiger partial charge in [0.2, 0.25) is 0 Å². The molecule has 0 aromatic heterocycles. The monoisotopic (exact) mass is 233 g/mol. The van der Waals surface area contributed by atoms with Gasteiger partial charge in [-0.15, -0.1) is 6.58 Å². The number of hydrogen-bond donors (Lipinski definition) is 2. The van der Waals surface area contributed by atoms with E-state index in [1.807, 2.05) is 24.3 Å². The van der Waals surface area contributed by atoms with Crippen molar-refractivity contribution in [2.24, 2.45) is 10.8 Å². The Labute approximate surface area is 100.0 Å². The number of urea groups is 1. The molecule has 1 aromatic rings. The number of hydrogen-bond acceptors (Lipinski definition) is 3. The van der Waals surface area contributed by atoms with Crippen LogP contribution in [-0.2, 0) is 11.3 Å². The molecule has 5 nitrogen and oxygen atoms in total. The summed E-state index contributed by atoms with van der Waals surface area (Å²) in [6.07, 6.45) is 3.22. The second kappa shape index (κ2) is 7.19. The Bertz CT molecular complexity index is 399. The summed E-state index contributed by atoms with van der Waals surface area (Å²) in [5, 5.41) is 3.65. The Balaban J connectivity index is 2.46. The average Bonchev–Trinajstić information content (AvgIpc) is 2.31. The molecule has 0 aliphatic heterocycles. The third-order valence-electron chi connectivity index (χ3n) is 1.87. The van der Waals surface area contributed by atoms with Crippen LogP contribution in [0.15, 0.2) is 42.0 Å². The molecule has 0 saturated carbocycles. The molecule has 3 N–H and O–H groups in total. The maximum Gasteiger partial charge on any atom is 0.332 e. The van der Waals surface area contributed by atoms with Crippen LogP contribution in [0.1, 0.15) is 11.1 Å². The van der Waals surface area contributed by atoms with E-state index in [1.54, 1.807) is 6.08 Å². The van der Waals surface area contributed by atoms with Crippen molar-refractivity contribution in [2.45, 2.75) is 6.61 Å². The lowest BCUT2D eigenvalue weighted by Gasteiger charge is -2.01. The van der Waals surface area contributed by atoms with Crippen molar-refractivity contribution in [1.29, 1.82) is 0 Å². The average molecular weight is 233 g/mol. The van der Waals surface area contributed by atoms with Gasteiger partial charge in [0, 0.05) is 0 Å². The number of nitrogens with zero attached hydrogens (tertiary/aromatic N) is 1. The summed E-state index contributed by atoms with van der Waals surface area (Å²) in [5.41, 5.74) is 8.91. The second-order valence-electron chi connectivity index (χ2n) is 3.28. The summed E-state index contributed by atoms with van der Waals surface area (Å²) < 4.78 is 5.30. The molecule has 0 fully saturated rings. The van der Waals surface area contributed by atoms with Gasteiger partial charge in [0.25, 0.3) is 0 Å². The van der Waals surface area contributed by atoms with Crippen molar-refractivity contribution in [1.82, 2.24) is 5.43 Å². The van der Waals surface area contributed by atoms with E-state index in [0.29, 0.717) is 13.2 Å². The van der Waals surface area contributed by atoms with Crippen LogP contribution in [-0.4, -0.2) is 18.9 Å². The highest BCUT2D eigenvalue weighted by Gasteiger charge is 1.93. The molecule has 1 rings (SSSR count). The molecule has 5 heteroatoms. The molecule has 2 amide bonds. The zero-order chi connectivity index (χ0) is 12.5. The van der Waals surface area contributed by atoms with E-state index in [0.717, 1.165) is 11.1 Å². The van der Waals surface area contributed by atoms with Crippen LogP contribution in [0.5, 0.6) is 0 Å². The van der Waals surface area contributed by atoms with E-state index in [-0.39, 0.29) is 0 Å². The number of nitrogens with two attached hydrogens (primary N) is 1. The summed E-state index contributed by atoms with van der Waals surface area (Å²) in [4.78, 5) is 10.4. The number of rotatable bonds is 6. The van der Waals surface area contributed by atoms with Crippen molar-refractivity contribution in [3.05, 3.63) is 48.0 Å². The predicted molar refractivity (Wildman–Crippen MR) is 66.6 cm³/mol. The molecular formula is C12H15N3O2. The van der Waals surface area contributed by atoms with Gasteiger partial charge in [-0.2, -0.15) is 5.10 Å². The Hall–Kier alpha value is -2.14. The number of carbonyl (C=O) groups excluding carboxylic acids is 1. The van der Waals surface area contributed by atoms with Crippen LogP contribution in [0, 0.1) is 0 Å². The third kappa shape index (κ3) is 5.48. The molecule has 0 aliphatic rings. The SMILES string of the molecule is C=CCOCc1ccc(C=NNC(N)=O)cc1. The van der Waals surface area contributed by atoms with E-state index in [2.05, 4.69) is 17.1 Å². The maximum atomic E-state index is 10.4. The number of carbonyl (C=O) groups is 1. The first-order valence-corrected chi connectivity index (χ1v) is 5.08. The topological polar surface area (TPSA) is 76.7 Å². The number of nitrogens with one attached hydrogen (secondary N) is 1. The van der Waals surface area contributed by atoms with Crippen molar-refractivity contribution in [3.8, 4) is 0 Å². The molecule has 17 heavy (non-hydrogen) atoms. The first kappa shape index (κ1) is 12.9. The fourth-order valence-corrected chi connectivity index (χ4v) is 1.13. The van der Waals surface area contributed by atoms with Crippen LogP contribution >= 0.6 is 0 Å². The number of primary amides is 1. The summed E-state index contributed by atoms with van der Waals surface area (Å²) in [5.74, 6) is 0. The van der Waals surface area contributed by atoms with Crippen LogP contribution in [0.25, 0.3) is 0 Å². The van der Waals surface area contributed by atoms with Crippen molar-refractivity contribution < 1.29 is 9.53 Å². The molecule has 0 atom stereocenters. The standard InChI is InChI=1S/C12H15N3O2/c1-2-7-17-9-11-5-3-10(4-6-11)8-14-15-12(13)16/h2-6,8H,1,7,9H2,(H3,13,15,16). The zero-order valence-electron chi connectivity index (χ0n) is 9.43. The molecule has 90 valence electrons. The van der Waals surface area contributed by atoms with E-state index < -0.39 is 6.03 Å². The van der Waals surface area contributed by atoms with Gasteiger partial charge in [0.05, 0.1) is 19.4 Å². The molecule has 0 radical (unpaired) electrons. The van der Waals surface area contributed by atoms with Crippen molar-refractivity contribution >= 4 is 12.2 Å². The van der Waals surface area contributed by atoms with Crippen LogP contribution in [0.3, 0.4) is 0 Å². The number of ether oxygens (including phenoxy) is 1. The molecule has 1 aromatic carbocycles. The summed E-state index contributed by atoms with van der Waals surface area (Å²) >= 11 is 0. The van der Waals surface area contributed by atoms with Gasteiger partial charge in [-0.1, -0.05) is 30.3 Å². The molecular weight excluding hydrogens is 218 g/mol. The first-order valence-electron chi connectivity index (χ1n) is 5.08. The van der Waals surface area contributed by atoms with Gasteiger partial charge in [0.1, 0.15) is 0 Å². The highest BCUT2D eigenvalue weighted by atomic mass is 16.5. The zero-order valence-corrected chi connectivity index (χ0v) is 9.43. The van der Waals surface area contributed by atoms with Gasteiger partial charge in [-0.25, -0.2) is 10.2 Å². The molecule has 0 spiro atoms. The van der Waals surface area contributed by atoms with E-state index in [4.69, 9.17) is 10.5 Å². The summed E-state index contributed by atoms with van der Waals surface area (Å²) in [7, 11) is 0. The van der Waals surface area contributed by atoms with E-state index in [1.165, 1.54) is 6.21 Å². The Morgan fingerprint density at radius 2 is 2.18 bits per heavy atom. The van der Waals surface area contributed by atoms with E-state index >= 15 is 0 Å². The smallest absolute Gasteiger partial charge is 0.332 e. The van der Waals surface area contributed by atoms with Crippen molar-refractivity contribution in [2.75, 3.05) is 6.61 Å². The lowest BCUT2D eigenvalue weighted by atomic mass is 10.1. The highest BCUT2D eigenvalue weighted by Crippen LogP contribution is 2.04. The molecule has 0 heterocycles. The minimum absolute atomic E-state index is 0.533. The van der Waals surface area contributed by atoms with Crippen LogP contribution in [0.4, 0.5) is 4.79 Å². The van der Waals surface area contributed by atoms with Crippen molar-refractivity contribution in [3.63, 3.8) is 0 Å². The second-order valence-corrected chi connectivity index (χ2v) is 3.28. The minimum atomic E-state index is -0.685. The lowest BCUT2D eigenvalue weighted by molar-refractivity contribution is 0.149. The minimum Gasteiger partial charge on any atom is -0.373 e. The number of hydrazone groups is 1. The lowest BCUT2D eigenvalue weighted by Crippen LogP contribution is -2.24.